The summed E-state index contributed by atoms with van der Waals surface area (Å²) in [5.41, 5.74) is 1.78. The van der Waals surface area contributed by atoms with Crippen molar-refractivity contribution >= 4 is 35.1 Å². The molecule has 0 saturated heterocycles. The molecule has 0 aliphatic carbocycles. The van der Waals surface area contributed by atoms with Crippen molar-refractivity contribution in [1.29, 1.82) is 0 Å². The number of nitrogens with one attached hydrogen (secondary N) is 1. The lowest BCUT2D eigenvalue weighted by Gasteiger charge is -2.24. The van der Waals surface area contributed by atoms with Gasteiger partial charge in [-0.1, -0.05) is 11.6 Å². The lowest BCUT2D eigenvalue weighted by molar-refractivity contribution is 0.0519. The second-order valence-corrected chi connectivity index (χ2v) is 6.65. The molecule has 0 spiro atoms. The first-order valence-electron chi connectivity index (χ1n) is 9.02. The summed E-state index contributed by atoms with van der Waals surface area (Å²) >= 11 is 6.05. The van der Waals surface area contributed by atoms with Crippen molar-refractivity contribution in [1.82, 2.24) is 4.98 Å². The monoisotopic (exact) mass is 391 g/mol. The molecule has 0 radical (unpaired) electrons. The molecule has 2 heterocycles. The van der Waals surface area contributed by atoms with E-state index in [2.05, 4.69) is 15.2 Å². The Morgan fingerprint density at radius 3 is 3.11 bits per heavy atom. The predicted octanol–water partition coefficient (Wildman–Crippen LogP) is 3.79. The fourth-order valence-corrected chi connectivity index (χ4v) is 3.22. The molecule has 3 rings (SSSR count). The van der Waals surface area contributed by atoms with E-state index in [0.717, 1.165) is 31.6 Å². The van der Waals surface area contributed by atoms with E-state index in [1.54, 1.807) is 13.0 Å². The summed E-state index contributed by atoms with van der Waals surface area (Å²) in [7, 11) is 0. The number of anilines is 2. The average molecular weight is 392 g/mol. The largest absolute Gasteiger partial charge is 0.461 e. The summed E-state index contributed by atoms with van der Waals surface area (Å²) in [5, 5.41) is 3.63. The van der Waals surface area contributed by atoms with E-state index in [0.29, 0.717) is 30.2 Å². The number of hydrogen-bond acceptors (Lipinski definition) is 7. The summed E-state index contributed by atoms with van der Waals surface area (Å²) in [6.45, 7) is 4.25. The minimum absolute atomic E-state index is 0.138. The third-order valence-corrected chi connectivity index (χ3v) is 4.54. The number of carbonyl (C=O) groups excluding carboxylic acids is 2. The highest BCUT2D eigenvalue weighted by molar-refractivity contribution is 6.31. The number of fused-ring (bicyclic) bond motifs is 1. The Morgan fingerprint density at radius 2 is 2.30 bits per heavy atom. The van der Waals surface area contributed by atoms with Crippen molar-refractivity contribution in [3.63, 3.8) is 0 Å². The zero-order valence-corrected chi connectivity index (χ0v) is 15.9. The number of oxazole rings is 1. The van der Waals surface area contributed by atoms with Gasteiger partial charge >= 0.3 is 5.97 Å². The van der Waals surface area contributed by atoms with Gasteiger partial charge in [-0.05, 0) is 38.0 Å². The van der Waals surface area contributed by atoms with Crippen LogP contribution in [0.25, 0.3) is 0 Å². The second kappa shape index (κ2) is 8.90. The maximum atomic E-state index is 12.3. The zero-order valence-electron chi connectivity index (χ0n) is 15.2. The van der Waals surface area contributed by atoms with Crippen LogP contribution in [0.4, 0.5) is 11.7 Å². The van der Waals surface area contributed by atoms with E-state index in [1.807, 2.05) is 12.1 Å². The third kappa shape index (κ3) is 4.80. The summed E-state index contributed by atoms with van der Waals surface area (Å²) < 4.78 is 10.1. The standard InChI is InChI=1S/C19H22ClN3O4/c1-2-26-18(25)15-12-27-19(22-15)21-8-4-10-23-9-3-5-17(24)14-11-13(20)6-7-16(14)23/h6-7,11-12H,2-5,8-10H2,1H3,(H,21,22). The maximum absolute atomic E-state index is 12.3. The molecule has 8 heteroatoms. The molecule has 27 heavy (non-hydrogen) atoms. The molecule has 1 aliphatic heterocycles. The summed E-state index contributed by atoms with van der Waals surface area (Å²) in [4.78, 5) is 30.1. The van der Waals surface area contributed by atoms with Gasteiger partial charge < -0.3 is 19.4 Å². The lowest BCUT2D eigenvalue weighted by Crippen LogP contribution is -2.26. The number of halogens is 1. The average Bonchev–Trinajstić information content (AvgIpc) is 3.07. The van der Waals surface area contributed by atoms with Crippen LogP contribution >= 0.6 is 11.6 Å². The minimum atomic E-state index is -0.501. The molecule has 7 nitrogen and oxygen atoms in total. The smallest absolute Gasteiger partial charge is 0.360 e. The number of ether oxygens (including phenoxy) is 1. The van der Waals surface area contributed by atoms with Gasteiger partial charge in [0.15, 0.2) is 11.5 Å². The molecular formula is C19H22ClN3O4. The molecule has 1 N–H and O–H groups in total. The van der Waals surface area contributed by atoms with Gasteiger partial charge in [0.25, 0.3) is 6.01 Å². The molecule has 1 aliphatic rings. The van der Waals surface area contributed by atoms with Gasteiger partial charge in [0.05, 0.1) is 6.61 Å². The van der Waals surface area contributed by atoms with Gasteiger partial charge in [0.1, 0.15) is 6.26 Å². The highest BCUT2D eigenvalue weighted by Crippen LogP contribution is 2.29. The molecule has 0 unspecified atom stereocenters. The van der Waals surface area contributed by atoms with Crippen molar-refractivity contribution in [2.24, 2.45) is 0 Å². The molecular weight excluding hydrogens is 370 g/mol. The quantitative estimate of drug-likeness (QED) is 0.567. The number of esters is 1. The fourth-order valence-electron chi connectivity index (χ4n) is 3.04. The molecule has 1 aromatic heterocycles. The van der Waals surface area contributed by atoms with Crippen molar-refractivity contribution in [2.45, 2.75) is 26.2 Å². The van der Waals surface area contributed by atoms with E-state index in [9.17, 15) is 9.59 Å². The Bertz CT molecular complexity index is 821. The van der Waals surface area contributed by atoms with Crippen LogP contribution in [-0.4, -0.2) is 43.0 Å². The predicted molar refractivity (Wildman–Crippen MR) is 103 cm³/mol. The minimum Gasteiger partial charge on any atom is -0.461 e. The van der Waals surface area contributed by atoms with Gasteiger partial charge in [-0.25, -0.2) is 4.79 Å². The Kier molecular flexibility index (Phi) is 6.34. The van der Waals surface area contributed by atoms with E-state index in [1.165, 1.54) is 6.26 Å². The number of benzene rings is 1. The number of aromatic nitrogens is 1. The Balaban J connectivity index is 1.54. The van der Waals surface area contributed by atoms with E-state index in [-0.39, 0.29) is 17.5 Å². The Morgan fingerprint density at radius 1 is 1.44 bits per heavy atom. The molecule has 0 atom stereocenters. The maximum Gasteiger partial charge on any atom is 0.360 e. The van der Waals surface area contributed by atoms with Crippen molar-refractivity contribution in [3.05, 3.63) is 40.7 Å². The van der Waals surface area contributed by atoms with E-state index >= 15 is 0 Å². The first-order chi connectivity index (χ1) is 13.1. The van der Waals surface area contributed by atoms with Crippen LogP contribution in [-0.2, 0) is 4.74 Å². The van der Waals surface area contributed by atoms with Gasteiger partial charge in [0.2, 0.25) is 0 Å². The molecule has 0 amide bonds. The SMILES string of the molecule is CCOC(=O)c1coc(NCCCN2CCCC(=O)c3cc(Cl)ccc32)n1. The van der Waals surface area contributed by atoms with Gasteiger partial charge in [-0.2, -0.15) is 4.98 Å². The highest BCUT2D eigenvalue weighted by atomic mass is 35.5. The molecule has 0 fully saturated rings. The van der Waals surface area contributed by atoms with Gasteiger partial charge in [-0.3, -0.25) is 4.79 Å². The van der Waals surface area contributed by atoms with Crippen LogP contribution in [0.1, 0.15) is 47.0 Å². The molecule has 0 saturated carbocycles. The molecule has 144 valence electrons. The fraction of sp³-hybridized carbons (Fsp3) is 0.421. The first-order valence-corrected chi connectivity index (χ1v) is 9.40. The zero-order chi connectivity index (χ0) is 19.2. The van der Waals surface area contributed by atoms with Crippen LogP contribution in [0.3, 0.4) is 0 Å². The second-order valence-electron chi connectivity index (χ2n) is 6.21. The van der Waals surface area contributed by atoms with Crippen LogP contribution in [0.15, 0.2) is 28.9 Å². The van der Waals surface area contributed by atoms with E-state index < -0.39 is 5.97 Å². The van der Waals surface area contributed by atoms with Gasteiger partial charge in [-0.15, -0.1) is 0 Å². The molecule has 2 aromatic rings. The van der Waals surface area contributed by atoms with Crippen molar-refractivity contribution in [2.75, 3.05) is 36.5 Å². The summed E-state index contributed by atoms with van der Waals surface area (Å²) in [5.74, 6) is -0.363. The first kappa shape index (κ1) is 19.2. The third-order valence-electron chi connectivity index (χ3n) is 4.30. The topological polar surface area (TPSA) is 84.7 Å². The number of nitrogens with zero attached hydrogens (tertiary/aromatic N) is 2. The summed E-state index contributed by atoms with van der Waals surface area (Å²) in [6, 6.07) is 5.76. The van der Waals surface area contributed by atoms with Crippen LogP contribution in [0.5, 0.6) is 0 Å². The summed E-state index contributed by atoms with van der Waals surface area (Å²) in [6.07, 6.45) is 3.45. The number of rotatable bonds is 7. The molecule has 0 bridgehead atoms. The van der Waals surface area contributed by atoms with Crippen molar-refractivity contribution < 1.29 is 18.7 Å². The van der Waals surface area contributed by atoms with Crippen LogP contribution < -0.4 is 10.2 Å². The van der Waals surface area contributed by atoms with Crippen LogP contribution in [0, 0.1) is 0 Å². The number of ketones is 1. The van der Waals surface area contributed by atoms with Crippen molar-refractivity contribution in [3.8, 4) is 0 Å². The van der Waals surface area contributed by atoms with Crippen LogP contribution in [0.2, 0.25) is 5.02 Å². The number of Topliss-reactive ketones (excluding diaryl/α,β-unsaturated/α-hetero) is 1. The van der Waals surface area contributed by atoms with E-state index in [4.69, 9.17) is 20.8 Å². The number of hydrogen-bond donors (Lipinski definition) is 1. The molecule has 1 aromatic carbocycles. The Labute approximate surface area is 162 Å². The normalized spacial score (nSPS) is 13.9. The van der Waals surface area contributed by atoms with Gasteiger partial charge in [0, 0.05) is 42.3 Å². The number of carbonyl (C=O) groups is 2. The highest BCUT2D eigenvalue weighted by Gasteiger charge is 2.21. The Hall–Kier alpha value is -2.54. The lowest BCUT2D eigenvalue weighted by atomic mass is 10.1.